The zero-order chi connectivity index (χ0) is 13.6. The van der Waals surface area contributed by atoms with Crippen molar-refractivity contribution in [1.82, 2.24) is 24.8 Å². The molecule has 3 aromatic rings. The van der Waals surface area contributed by atoms with Gasteiger partial charge >= 0.3 is 0 Å². The van der Waals surface area contributed by atoms with Gasteiger partial charge in [0.15, 0.2) is 5.82 Å². The highest BCUT2D eigenvalue weighted by molar-refractivity contribution is 6.30. The van der Waals surface area contributed by atoms with Crippen molar-refractivity contribution >= 4 is 17.4 Å². The molecule has 0 unspecified atom stereocenters. The summed E-state index contributed by atoms with van der Waals surface area (Å²) in [6.07, 6.45) is 0. The molecule has 0 aliphatic heterocycles. The van der Waals surface area contributed by atoms with Gasteiger partial charge in [-0.1, -0.05) is 11.6 Å². The van der Waals surface area contributed by atoms with Crippen LogP contribution in [0.15, 0.2) is 23.0 Å². The van der Waals surface area contributed by atoms with E-state index in [9.17, 15) is 9.90 Å². The van der Waals surface area contributed by atoms with E-state index in [2.05, 4.69) is 20.3 Å². The van der Waals surface area contributed by atoms with E-state index in [-0.39, 0.29) is 22.8 Å². The standard InChI is InChI=1S/C11H8ClN5O2/c1-5-10(19)13-11-15-14-9(17(11)16-5)7-4-6(12)2-3-8(7)18/h2-4,18H,1H3,(H,13,15,19). The third kappa shape index (κ3) is 1.84. The Morgan fingerprint density at radius 3 is 2.95 bits per heavy atom. The van der Waals surface area contributed by atoms with Gasteiger partial charge in [0, 0.05) is 5.02 Å². The molecule has 0 aliphatic carbocycles. The Bertz CT molecular complexity index is 839. The van der Waals surface area contributed by atoms with Crippen LogP contribution in [0.3, 0.4) is 0 Å². The first kappa shape index (κ1) is 11.7. The molecular weight excluding hydrogens is 270 g/mol. The second-order valence-electron chi connectivity index (χ2n) is 3.96. The normalized spacial score (nSPS) is 11.1. The first-order valence-electron chi connectivity index (χ1n) is 5.37. The maximum atomic E-state index is 11.4. The molecule has 0 radical (unpaired) electrons. The minimum absolute atomic E-state index is 0.00403. The Labute approximate surface area is 111 Å². The number of phenols is 1. The maximum absolute atomic E-state index is 11.4. The summed E-state index contributed by atoms with van der Waals surface area (Å²) in [7, 11) is 0. The van der Waals surface area contributed by atoms with Gasteiger partial charge in [-0.05, 0) is 25.1 Å². The smallest absolute Gasteiger partial charge is 0.273 e. The zero-order valence-corrected chi connectivity index (χ0v) is 10.5. The summed E-state index contributed by atoms with van der Waals surface area (Å²) < 4.78 is 1.35. The monoisotopic (exact) mass is 277 g/mol. The molecule has 0 fully saturated rings. The Hall–Kier alpha value is -2.41. The summed E-state index contributed by atoms with van der Waals surface area (Å²) in [6, 6.07) is 4.57. The summed E-state index contributed by atoms with van der Waals surface area (Å²) in [6.45, 7) is 1.57. The lowest BCUT2D eigenvalue weighted by atomic mass is 10.2. The van der Waals surface area contributed by atoms with Crippen molar-refractivity contribution in [3.05, 3.63) is 39.3 Å². The molecule has 2 heterocycles. The predicted octanol–water partition coefficient (Wildman–Crippen LogP) is 1.15. The summed E-state index contributed by atoms with van der Waals surface area (Å²) in [4.78, 5) is 14.0. The third-order valence-corrected chi connectivity index (χ3v) is 2.88. The van der Waals surface area contributed by atoms with Gasteiger partial charge < -0.3 is 5.11 Å². The molecule has 8 heteroatoms. The first-order valence-corrected chi connectivity index (χ1v) is 5.75. The molecule has 96 valence electrons. The Kier molecular flexibility index (Phi) is 2.49. The van der Waals surface area contributed by atoms with Crippen LogP contribution in [0.25, 0.3) is 17.2 Å². The van der Waals surface area contributed by atoms with E-state index in [4.69, 9.17) is 11.6 Å². The van der Waals surface area contributed by atoms with Gasteiger partial charge in [0.2, 0.25) is 0 Å². The highest BCUT2D eigenvalue weighted by Gasteiger charge is 2.15. The van der Waals surface area contributed by atoms with Gasteiger partial charge in [0.1, 0.15) is 11.4 Å². The quantitative estimate of drug-likeness (QED) is 0.695. The molecule has 19 heavy (non-hydrogen) atoms. The van der Waals surface area contributed by atoms with E-state index >= 15 is 0 Å². The van der Waals surface area contributed by atoms with Crippen LogP contribution in [0.1, 0.15) is 5.69 Å². The van der Waals surface area contributed by atoms with Crippen LogP contribution in [0.4, 0.5) is 0 Å². The van der Waals surface area contributed by atoms with E-state index in [1.807, 2.05) is 0 Å². The summed E-state index contributed by atoms with van der Waals surface area (Å²) in [5, 5.41) is 22.1. The molecule has 0 saturated heterocycles. The third-order valence-electron chi connectivity index (χ3n) is 2.64. The highest BCUT2D eigenvalue weighted by atomic mass is 35.5. The summed E-state index contributed by atoms with van der Waals surface area (Å²) in [5.41, 5.74) is 0.329. The van der Waals surface area contributed by atoms with Crippen LogP contribution in [0.5, 0.6) is 5.75 Å². The van der Waals surface area contributed by atoms with Crippen LogP contribution in [0.2, 0.25) is 5.02 Å². The van der Waals surface area contributed by atoms with Gasteiger partial charge in [0.05, 0.1) is 5.56 Å². The fourth-order valence-corrected chi connectivity index (χ4v) is 1.87. The zero-order valence-electron chi connectivity index (χ0n) is 9.75. The Balaban J connectivity index is 2.34. The molecule has 0 aliphatic rings. The van der Waals surface area contributed by atoms with Crippen molar-refractivity contribution in [3.8, 4) is 17.1 Å². The van der Waals surface area contributed by atoms with Crippen molar-refractivity contribution < 1.29 is 5.11 Å². The van der Waals surface area contributed by atoms with Crippen molar-refractivity contribution in [2.75, 3.05) is 0 Å². The van der Waals surface area contributed by atoms with Gasteiger partial charge in [-0.3, -0.25) is 9.78 Å². The molecule has 0 spiro atoms. The molecule has 0 saturated carbocycles. The fraction of sp³-hybridized carbons (Fsp3) is 0.0909. The Morgan fingerprint density at radius 2 is 2.16 bits per heavy atom. The second-order valence-corrected chi connectivity index (χ2v) is 4.40. The molecule has 0 atom stereocenters. The molecule has 0 bridgehead atoms. The fourth-order valence-electron chi connectivity index (χ4n) is 1.70. The van der Waals surface area contributed by atoms with E-state index in [0.717, 1.165) is 0 Å². The van der Waals surface area contributed by atoms with Crippen LogP contribution in [-0.2, 0) is 0 Å². The topological polar surface area (TPSA) is 96.2 Å². The van der Waals surface area contributed by atoms with Crippen LogP contribution in [0, 0.1) is 6.92 Å². The number of aromatic nitrogens is 5. The van der Waals surface area contributed by atoms with Gasteiger partial charge in [0.25, 0.3) is 11.3 Å². The largest absolute Gasteiger partial charge is 0.507 e. The number of hydrogen-bond donors (Lipinski definition) is 2. The lowest BCUT2D eigenvalue weighted by Gasteiger charge is -2.03. The SMILES string of the molecule is Cc1nn2c(-c3cc(Cl)ccc3O)nnc2[nH]c1=O. The van der Waals surface area contributed by atoms with E-state index in [1.165, 1.54) is 10.6 Å². The number of H-pyrrole nitrogens is 1. The minimum atomic E-state index is -0.332. The molecule has 3 rings (SSSR count). The maximum Gasteiger partial charge on any atom is 0.273 e. The molecule has 2 aromatic heterocycles. The van der Waals surface area contributed by atoms with Crippen molar-refractivity contribution in [3.63, 3.8) is 0 Å². The lowest BCUT2D eigenvalue weighted by Crippen LogP contribution is -2.15. The minimum Gasteiger partial charge on any atom is -0.507 e. The predicted molar refractivity (Wildman–Crippen MR) is 68.3 cm³/mol. The van der Waals surface area contributed by atoms with Gasteiger partial charge in [-0.15, -0.1) is 10.2 Å². The van der Waals surface area contributed by atoms with Crippen molar-refractivity contribution in [2.24, 2.45) is 0 Å². The molecule has 7 nitrogen and oxygen atoms in total. The number of aromatic hydroxyl groups is 1. The molecule has 1 aromatic carbocycles. The number of fused-ring (bicyclic) bond motifs is 1. The van der Waals surface area contributed by atoms with Crippen LogP contribution in [-0.4, -0.2) is 29.9 Å². The number of phenolic OH excluding ortho intramolecular Hbond substituents is 1. The van der Waals surface area contributed by atoms with Crippen molar-refractivity contribution in [2.45, 2.75) is 6.92 Å². The van der Waals surface area contributed by atoms with Crippen LogP contribution >= 0.6 is 11.6 Å². The van der Waals surface area contributed by atoms with E-state index in [1.54, 1.807) is 19.1 Å². The van der Waals surface area contributed by atoms with Gasteiger partial charge in [-0.25, -0.2) is 0 Å². The average Bonchev–Trinajstić information content (AvgIpc) is 2.76. The summed E-state index contributed by atoms with van der Waals surface area (Å²) in [5.74, 6) is 0.503. The average molecular weight is 278 g/mol. The van der Waals surface area contributed by atoms with Crippen molar-refractivity contribution in [1.29, 1.82) is 0 Å². The van der Waals surface area contributed by atoms with Gasteiger partial charge in [-0.2, -0.15) is 9.61 Å². The number of nitrogens with one attached hydrogen (secondary N) is 1. The summed E-state index contributed by atoms with van der Waals surface area (Å²) >= 11 is 5.89. The Morgan fingerprint density at radius 1 is 1.37 bits per heavy atom. The number of halogens is 1. The lowest BCUT2D eigenvalue weighted by molar-refractivity contribution is 0.476. The number of benzene rings is 1. The number of aryl methyl sites for hydroxylation is 1. The molecule has 0 amide bonds. The molecule has 2 N–H and O–H groups in total. The number of hydrogen-bond acceptors (Lipinski definition) is 5. The highest BCUT2D eigenvalue weighted by Crippen LogP contribution is 2.29. The second kappa shape index (κ2) is 4.06. The first-order chi connectivity index (χ1) is 9.06. The van der Waals surface area contributed by atoms with Crippen LogP contribution < -0.4 is 5.56 Å². The van der Waals surface area contributed by atoms with E-state index < -0.39 is 0 Å². The van der Waals surface area contributed by atoms with E-state index in [0.29, 0.717) is 16.4 Å². The number of aromatic amines is 1. The number of nitrogens with zero attached hydrogens (tertiary/aromatic N) is 4. The molecular formula is C11H8ClN5O2. The number of rotatable bonds is 1.